The summed E-state index contributed by atoms with van der Waals surface area (Å²) in [7, 11) is 1.69. The summed E-state index contributed by atoms with van der Waals surface area (Å²) in [5.41, 5.74) is 0.192. The van der Waals surface area contributed by atoms with E-state index < -0.39 is 5.54 Å². The number of nitrogens with one attached hydrogen (secondary N) is 1. The van der Waals surface area contributed by atoms with Gasteiger partial charge in [-0.3, -0.25) is 9.48 Å². The zero-order valence-electron chi connectivity index (χ0n) is 10.4. The third-order valence-electron chi connectivity index (χ3n) is 3.33. The molecule has 1 aromatic heterocycles. The van der Waals surface area contributed by atoms with Gasteiger partial charge in [-0.2, -0.15) is 0 Å². The van der Waals surface area contributed by atoms with Crippen molar-refractivity contribution in [3.05, 3.63) is 47.5 Å². The van der Waals surface area contributed by atoms with Crippen LogP contribution in [-0.4, -0.2) is 20.9 Å². The second-order valence-corrected chi connectivity index (χ2v) is 4.79. The summed E-state index contributed by atoms with van der Waals surface area (Å²) in [6, 6.07) is 6.52. The van der Waals surface area contributed by atoms with Gasteiger partial charge < -0.3 is 5.32 Å². The lowest BCUT2D eigenvalue weighted by Gasteiger charge is -2.17. The van der Waals surface area contributed by atoms with E-state index in [0.717, 1.165) is 12.8 Å². The van der Waals surface area contributed by atoms with Crippen molar-refractivity contribution in [3.63, 3.8) is 0 Å². The Labute approximate surface area is 109 Å². The predicted molar refractivity (Wildman–Crippen MR) is 65.8 cm³/mol. The first-order chi connectivity index (χ1) is 9.11. The second-order valence-electron chi connectivity index (χ2n) is 4.79. The lowest BCUT2D eigenvalue weighted by atomic mass is 10.0. The standard InChI is InChI=1S/C13H13FN4O/c1-18-8-11(16-17-18)12(19)15-13(6-7-13)9-4-2-3-5-10(9)14/h2-5,8H,6-7H2,1H3,(H,15,19). The predicted octanol–water partition coefficient (Wildman–Crippen LogP) is 1.37. The third kappa shape index (κ3) is 2.09. The molecular weight excluding hydrogens is 247 g/mol. The molecule has 1 aliphatic rings. The van der Waals surface area contributed by atoms with E-state index in [-0.39, 0.29) is 17.4 Å². The first-order valence-electron chi connectivity index (χ1n) is 6.05. The Bertz CT molecular complexity index is 633. The first kappa shape index (κ1) is 11.8. The minimum Gasteiger partial charge on any atom is -0.341 e. The molecule has 1 heterocycles. The summed E-state index contributed by atoms with van der Waals surface area (Å²) >= 11 is 0. The molecule has 0 unspecified atom stereocenters. The van der Waals surface area contributed by atoms with E-state index in [1.54, 1.807) is 25.2 Å². The SMILES string of the molecule is Cn1cc(C(=O)NC2(c3ccccc3F)CC2)nn1. The molecule has 1 fully saturated rings. The van der Waals surface area contributed by atoms with E-state index in [2.05, 4.69) is 15.6 Å². The van der Waals surface area contributed by atoms with Gasteiger partial charge in [-0.15, -0.1) is 5.10 Å². The van der Waals surface area contributed by atoms with Crippen LogP contribution in [0.1, 0.15) is 28.9 Å². The Kier molecular flexibility index (Phi) is 2.58. The number of hydrogen-bond acceptors (Lipinski definition) is 3. The smallest absolute Gasteiger partial charge is 0.274 e. The Hall–Kier alpha value is -2.24. The van der Waals surface area contributed by atoms with Gasteiger partial charge in [0.25, 0.3) is 5.91 Å². The van der Waals surface area contributed by atoms with E-state index in [4.69, 9.17) is 0 Å². The molecule has 0 bridgehead atoms. The highest BCUT2D eigenvalue weighted by Crippen LogP contribution is 2.46. The Morgan fingerprint density at radius 3 is 2.74 bits per heavy atom. The molecule has 98 valence electrons. The molecule has 19 heavy (non-hydrogen) atoms. The molecule has 1 N–H and O–H groups in total. The molecule has 1 aromatic carbocycles. The lowest BCUT2D eigenvalue weighted by molar-refractivity contribution is 0.0925. The third-order valence-corrected chi connectivity index (χ3v) is 3.33. The molecule has 0 spiro atoms. The Morgan fingerprint density at radius 1 is 1.42 bits per heavy atom. The van der Waals surface area contributed by atoms with Crippen LogP contribution in [0.5, 0.6) is 0 Å². The minimum absolute atomic E-state index is 0.241. The van der Waals surface area contributed by atoms with E-state index in [1.165, 1.54) is 16.9 Å². The zero-order valence-corrected chi connectivity index (χ0v) is 10.4. The number of aromatic nitrogens is 3. The number of nitrogens with zero attached hydrogens (tertiary/aromatic N) is 3. The summed E-state index contributed by atoms with van der Waals surface area (Å²) in [5.74, 6) is -0.617. The van der Waals surface area contributed by atoms with Crippen LogP contribution in [0.2, 0.25) is 0 Å². The van der Waals surface area contributed by atoms with Gasteiger partial charge in [0.15, 0.2) is 5.69 Å². The van der Waals surface area contributed by atoms with E-state index in [0.29, 0.717) is 5.56 Å². The molecule has 0 radical (unpaired) electrons. The molecular formula is C13H13FN4O. The van der Waals surface area contributed by atoms with Gasteiger partial charge >= 0.3 is 0 Å². The van der Waals surface area contributed by atoms with Gasteiger partial charge in [0.05, 0.1) is 11.7 Å². The number of halogens is 1. The maximum atomic E-state index is 13.8. The molecule has 1 saturated carbocycles. The van der Waals surface area contributed by atoms with Crippen LogP contribution in [-0.2, 0) is 12.6 Å². The number of amides is 1. The van der Waals surface area contributed by atoms with Gasteiger partial charge in [-0.1, -0.05) is 23.4 Å². The highest BCUT2D eigenvalue weighted by Gasteiger charge is 2.47. The van der Waals surface area contributed by atoms with Crippen molar-refractivity contribution in [2.45, 2.75) is 18.4 Å². The van der Waals surface area contributed by atoms with Crippen molar-refractivity contribution in [1.82, 2.24) is 20.3 Å². The molecule has 6 heteroatoms. The van der Waals surface area contributed by atoms with Gasteiger partial charge in [-0.05, 0) is 18.9 Å². The van der Waals surface area contributed by atoms with Crippen LogP contribution in [0, 0.1) is 5.82 Å². The fourth-order valence-electron chi connectivity index (χ4n) is 2.17. The van der Waals surface area contributed by atoms with Crippen LogP contribution < -0.4 is 5.32 Å². The van der Waals surface area contributed by atoms with Crippen molar-refractivity contribution in [2.24, 2.45) is 7.05 Å². The van der Waals surface area contributed by atoms with Crippen LogP contribution in [0.15, 0.2) is 30.5 Å². The van der Waals surface area contributed by atoms with E-state index >= 15 is 0 Å². The monoisotopic (exact) mass is 260 g/mol. The average molecular weight is 260 g/mol. The zero-order chi connectivity index (χ0) is 13.5. The molecule has 0 saturated heterocycles. The highest BCUT2D eigenvalue weighted by molar-refractivity contribution is 5.92. The molecule has 3 rings (SSSR count). The summed E-state index contributed by atoms with van der Waals surface area (Å²) < 4.78 is 15.3. The number of aryl methyl sites for hydroxylation is 1. The number of carbonyl (C=O) groups excluding carboxylic acids is 1. The van der Waals surface area contributed by atoms with Gasteiger partial charge in [0, 0.05) is 12.6 Å². The molecule has 5 nitrogen and oxygen atoms in total. The lowest BCUT2D eigenvalue weighted by Crippen LogP contribution is -2.35. The van der Waals surface area contributed by atoms with Gasteiger partial charge in [0.2, 0.25) is 0 Å². The quantitative estimate of drug-likeness (QED) is 0.906. The summed E-state index contributed by atoms with van der Waals surface area (Å²) in [6.45, 7) is 0. The Balaban J connectivity index is 1.83. The molecule has 1 aliphatic carbocycles. The van der Waals surface area contributed by atoms with Crippen LogP contribution in [0.3, 0.4) is 0 Å². The van der Waals surface area contributed by atoms with Crippen molar-refractivity contribution in [2.75, 3.05) is 0 Å². The van der Waals surface area contributed by atoms with Crippen LogP contribution in [0.25, 0.3) is 0 Å². The maximum Gasteiger partial charge on any atom is 0.274 e. The average Bonchev–Trinajstić information content (AvgIpc) is 3.02. The van der Waals surface area contributed by atoms with Crippen molar-refractivity contribution in [3.8, 4) is 0 Å². The van der Waals surface area contributed by atoms with E-state index in [9.17, 15) is 9.18 Å². The Morgan fingerprint density at radius 2 is 2.16 bits per heavy atom. The topological polar surface area (TPSA) is 59.8 Å². The summed E-state index contributed by atoms with van der Waals surface area (Å²) in [4.78, 5) is 12.0. The normalized spacial score (nSPS) is 16.1. The number of rotatable bonds is 3. The molecule has 1 amide bonds. The largest absolute Gasteiger partial charge is 0.341 e. The molecule has 0 atom stereocenters. The summed E-state index contributed by atoms with van der Waals surface area (Å²) in [6.07, 6.45) is 3.01. The van der Waals surface area contributed by atoms with Crippen molar-refractivity contribution in [1.29, 1.82) is 0 Å². The highest BCUT2D eigenvalue weighted by atomic mass is 19.1. The molecule has 0 aliphatic heterocycles. The fraction of sp³-hybridized carbons (Fsp3) is 0.308. The van der Waals surface area contributed by atoms with Gasteiger partial charge in [0.1, 0.15) is 5.82 Å². The van der Waals surface area contributed by atoms with Crippen LogP contribution in [0.4, 0.5) is 4.39 Å². The van der Waals surface area contributed by atoms with Gasteiger partial charge in [-0.25, -0.2) is 4.39 Å². The van der Waals surface area contributed by atoms with E-state index in [1.807, 2.05) is 0 Å². The number of carbonyl (C=O) groups is 1. The summed E-state index contributed by atoms with van der Waals surface area (Å²) in [5, 5.41) is 10.3. The maximum absolute atomic E-state index is 13.8. The molecule has 2 aromatic rings. The fourth-order valence-corrected chi connectivity index (χ4v) is 2.17. The van der Waals surface area contributed by atoms with Crippen LogP contribution >= 0.6 is 0 Å². The number of hydrogen-bond donors (Lipinski definition) is 1. The minimum atomic E-state index is -0.583. The number of benzene rings is 1. The second kappa shape index (κ2) is 4.15. The first-order valence-corrected chi connectivity index (χ1v) is 6.05. The van der Waals surface area contributed by atoms with Crippen molar-refractivity contribution < 1.29 is 9.18 Å². The van der Waals surface area contributed by atoms with Crippen molar-refractivity contribution >= 4 is 5.91 Å².